The van der Waals surface area contributed by atoms with Crippen molar-refractivity contribution in [3.8, 4) is 0 Å². The van der Waals surface area contributed by atoms with Crippen LogP contribution in [0.3, 0.4) is 0 Å². The van der Waals surface area contributed by atoms with Crippen LogP contribution in [-0.4, -0.2) is 0 Å². The van der Waals surface area contributed by atoms with Gasteiger partial charge in [-0.1, -0.05) is 6.92 Å². The Bertz CT molecular complexity index is 474. The Morgan fingerprint density at radius 2 is 2.24 bits per heavy atom. The molecule has 2 atom stereocenters. The van der Waals surface area contributed by atoms with E-state index < -0.39 is 0 Å². The lowest BCUT2D eigenvalue weighted by molar-refractivity contribution is 0.444. The zero-order valence-electron chi connectivity index (χ0n) is 9.98. The monoisotopic (exact) mass is 247 g/mol. The third-order valence-electron chi connectivity index (χ3n) is 3.37. The summed E-state index contributed by atoms with van der Waals surface area (Å²) in [6.07, 6.45) is 1.29. The Morgan fingerprint density at radius 1 is 1.35 bits per heavy atom. The summed E-state index contributed by atoms with van der Waals surface area (Å²) in [5.41, 5.74) is 1.34. The Hall–Kier alpha value is -1.06. The summed E-state index contributed by atoms with van der Waals surface area (Å²) in [7, 11) is 0. The molecule has 1 fully saturated rings. The first kappa shape index (κ1) is 11.1. The van der Waals surface area contributed by atoms with Gasteiger partial charge in [-0.3, -0.25) is 0 Å². The van der Waals surface area contributed by atoms with E-state index >= 15 is 0 Å². The molecule has 1 saturated carbocycles. The van der Waals surface area contributed by atoms with E-state index in [0.29, 0.717) is 5.92 Å². The SMILES string of the molecule is CC1CC1c1ccc(CNCc2ccsc2)o1. The number of furan rings is 1. The van der Waals surface area contributed by atoms with Gasteiger partial charge in [0.05, 0.1) is 6.54 Å². The normalized spacial score (nSPS) is 22.9. The summed E-state index contributed by atoms with van der Waals surface area (Å²) in [6.45, 7) is 4.01. The van der Waals surface area contributed by atoms with Gasteiger partial charge in [0.15, 0.2) is 0 Å². The molecule has 1 aliphatic rings. The molecule has 3 heteroatoms. The van der Waals surface area contributed by atoms with Crippen LogP contribution in [0.4, 0.5) is 0 Å². The highest BCUT2D eigenvalue weighted by atomic mass is 32.1. The predicted molar refractivity (Wildman–Crippen MR) is 70.1 cm³/mol. The topological polar surface area (TPSA) is 25.2 Å². The van der Waals surface area contributed by atoms with Crippen LogP contribution in [0, 0.1) is 5.92 Å². The molecular weight excluding hydrogens is 230 g/mol. The molecule has 0 spiro atoms. The van der Waals surface area contributed by atoms with Crippen molar-refractivity contribution in [3.63, 3.8) is 0 Å². The van der Waals surface area contributed by atoms with Crippen molar-refractivity contribution in [3.05, 3.63) is 46.0 Å². The minimum absolute atomic E-state index is 0.681. The largest absolute Gasteiger partial charge is 0.464 e. The molecule has 1 aliphatic carbocycles. The molecule has 90 valence electrons. The van der Waals surface area contributed by atoms with Gasteiger partial charge in [0, 0.05) is 12.5 Å². The van der Waals surface area contributed by atoms with Crippen LogP contribution in [-0.2, 0) is 13.1 Å². The molecule has 0 amide bonds. The van der Waals surface area contributed by atoms with Gasteiger partial charge in [-0.15, -0.1) is 0 Å². The van der Waals surface area contributed by atoms with E-state index in [9.17, 15) is 0 Å². The molecule has 2 unspecified atom stereocenters. The zero-order valence-corrected chi connectivity index (χ0v) is 10.8. The predicted octanol–water partition coefficient (Wildman–Crippen LogP) is 3.75. The second kappa shape index (κ2) is 4.67. The Labute approximate surface area is 106 Å². The molecule has 1 N–H and O–H groups in total. The molecule has 17 heavy (non-hydrogen) atoms. The molecule has 0 aromatic carbocycles. The van der Waals surface area contributed by atoms with Crippen molar-refractivity contribution in [1.29, 1.82) is 0 Å². The number of thiophene rings is 1. The minimum Gasteiger partial charge on any atom is -0.464 e. The van der Waals surface area contributed by atoms with E-state index in [1.807, 2.05) is 0 Å². The second-order valence-electron chi connectivity index (χ2n) is 4.86. The van der Waals surface area contributed by atoms with Crippen molar-refractivity contribution in [2.24, 2.45) is 5.92 Å². The highest BCUT2D eigenvalue weighted by Crippen LogP contribution is 2.47. The van der Waals surface area contributed by atoms with Gasteiger partial charge in [-0.2, -0.15) is 11.3 Å². The lowest BCUT2D eigenvalue weighted by Crippen LogP contribution is -2.11. The maximum absolute atomic E-state index is 5.84. The smallest absolute Gasteiger partial charge is 0.117 e. The van der Waals surface area contributed by atoms with Crippen LogP contribution < -0.4 is 5.32 Å². The van der Waals surface area contributed by atoms with Gasteiger partial charge < -0.3 is 9.73 Å². The summed E-state index contributed by atoms with van der Waals surface area (Å²) in [6, 6.07) is 6.38. The molecule has 2 nitrogen and oxygen atoms in total. The van der Waals surface area contributed by atoms with Gasteiger partial charge in [-0.05, 0) is 46.9 Å². The van der Waals surface area contributed by atoms with E-state index in [2.05, 4.69) is 41.2 Å². The third-order valence-corrected chi connectivity index (χ3v) is 4.10. The highest BCUT2D eigenvalue weighted by molar-refractivity contribution is 7.07. The Morgan fingerprint density at radius 3 is 2.94 bits per heavy atom. The van der Waals surface area contributed by atoms with E-state index in [-0.39, 0.29) is 0 Å². The summed E-state index contributed by atoms with van der Waals surface area (Å²) >= 11 is 1.74. The molecule has 0 aliphatic heterocycles. The van der Waals surface area contributed by atoms with Gasteiger partial charge in [0.1, 0.15) is 11.5 Å². The van der Waals surface area contributed by atoms with Crippen LogP contribution in [0.15, 0.2) is 33.4 Å². The Kier molecular flexibility index (Phi) is 3.04. The van der Waals surface area contributed by atoms with Crippen molar-refractivity contribution in [2.45, 2.75) is 32.4 Å². The summed E-state index contributed by atoms with van der Waals surface area (Å²) in [5, 5.41) is 7.68. The fourth-order valence-corrected chi connectivity index (χ4v) is 2.80. The average molecular weight is 247 g/mol. The molecule has 2 aromatic heterocycles. The number of hydrogen-bond acceptors (Lipinski definition) is 3. The van der Waals surface area contributed by atoms with Crippen LogP contribution in [0.25, 0.3) is 0 Å². The van der Waals surface area contributed by atoms with Crippen molar-refractivity contribution < 1.29 is 4.42 Å². The average Bonchev–Trinajstić information content (AvgIpc) is 2.76. The molecule has 2 aromatic rings. The summed E-state index contributed by atoms with van der Waals surface area (Å²) in [5.74, 6) is 3.72. The van der Waals surface area contributed by atoms with Gasteiger partial charge in [0.25, 0.3) is 0 Å². The molecular formula is C14H17NOS. The second-order valence-corrected chi connectivity index (χ2v) is 5.64. The van der Waals surface area contributed by atoms with Gasteiger partial charge in [-0.25, -0.2) is 0 Å². The standard InChI is InChI=1S/C14H17NOS/c1-10-6-13(10)14-3-2-12(16-14)8-15-7-11-4-5-17-9-11/h2-5,9-10,13,15H,6-8H2,1H3. The van der Waals surface area contributed by atoms with Crippen LogP contribution in [0.5, 0.6) is 0 Å². The third kappa shape index (κ3) is 2.61. The number of nitrogens with one attached hydrogen (secondary N) is 1. The highest BCUT2D eigenvalue weighted by Gasteiger charge is 2.36. The Balaban J connectivity index is 1.50. The zero-order chi connectivity index (χ0) is 11.7. The van der Waals surface area contributed by atoms with Crippen LogP contribution >= 0.6 is 11.3 Å². The number of hydrogen-bond donors (Lipinski definition) is 1. The van der Waals surface area contributed by atoms with Crippen LogP contribution in [0.1, 0.15) is 36.3 Å². The molecule has 2 heterocycles. The van der Waals surface area contributed by atoms with Gasteiger partial charge in [0.2, 0.25) is 0 Å². The van der Waals surface area contributed by atoms with E-state index in [1.165, 1.54) is 17.7 Å². The van der Waals surface area contributed by atoms with Crippen molar-refractivity contribution >= 4 is 11.3 Å². The quantitative estimate of drug-likeness (QED) is 0.870. The van der Waals surface area contributed by atoms with E-state index in [4.69, 9.17) is 4.42 Å². The maximum atomic E-state index is 5.84. The summed E-state index contributed by atoms with van der Waals surface area (Å²) < 4.78 is 5.84. The first-order valence-electron chi connectivity index (χ1n) is 6.13. The van der Waals surface area contributed by atoms with Gasteiger partial charge >= 0.3 is 0 Å². The lowest BCUT2D eigenvalue weighted by Gasteiger charge is -2.00. The van der Waals surface area contributed by atoms with E-state index in [0.717, 1.165) is 24.8 Å². The fraction of sp³-hybridized carbons (Fsp3) is 0.429. The fourth-order valence-electron chi connectivity index (χ4n) is 2.13. The number of rotatable bonds is 5. The molecule has 3 rings (SSSR count). The summed E-state index contributed by atoms with van der Waals surface area (Å²) in [4.78, 5) is 0. The van der Waals surface area contributed by atoms with Crippen LogP contribution in [0.2, 0.25) is 0 Å². The lowest BCUT2D eigenvalue weighted by atomic mass is 10.3. The van der Waals surface area contributed by atoms with Crippen molar-refractivity contribution in [1.82, 2.24) is 5.32 Å². The first-order valence-corrected chi connectivity index (χ1v) is 7.07. The molecule has 0 saturated heterocycles. The first-order chi connectivity index (χ1) is 8.33. The van der Waals surface area contributed by atoms with Crippen molar-refractivity contribution in [2.75, 3.05) is 0 Å². The maximum Gasteiger partial charge on any atom is 0.117 e. The minimum atomic E-state index is 0.681. The van der Waals surface area contributed by atoms with E-state index in [1.54, 1.807) is 11.3 Å². The molecule has 0 radical (unpaired) electrons. The molecule has 0 bridgehead atoms.